The summed E-state index contributed by atoms with van der Waals surface area (Å²) in [6.45, 7) is 3.91. The number of likely N-dealkylation sites (tertiary alicyclic amines) is 1. The molecule has 0 spiro atoms. The molecule has 0 unspecified atom stereocenters. The fourth-order valence-corrected chi connectivity index (χ4v) is 1.99. The Hall–Kier alpha value is -0.940. The van der Waals surface area contributed by atoms with E-state index >= 15 is 0 Å². The summed E-state index contributed by atoms with van der Waals surface area (Å²) in [6.07, 6.45) is 2.98. The molecule has 0 bridgehead atoms. The lowest BCUT2D eigenvalue weighted by molar-refractivity contribution is 0.150. The summed E-state index contributed by atoms with van der Waals surface area (Å²) in [6, 6.07) is 0.272. The zero-order valence-corrected chi connectivity index (χ0v) is 9.02. The average molecular weight is 211 g/mol. The van der Waals surface area contributed by atoms with Crippen LogP contribution in [-0.4, -0.2) is 39.3 Å². The molecule has 0 radical (unpaired) electrons. The lowest BCUT2D eigenvalue weighted by Gasteiger charge is -2.20. The molecule has 0 aliphatic carbocycles. The fourth-order valence-electron chi connectivity index (χ4n) is 1.99. The molecule has 0 saturated carbocycles. The first-order valence-corrected chi connectivity index (χ1v) is 5.50. The van der Waals surface area contributed by atoms with Gasteiger partial charge in [0.25, 0.3) is 0 Å². The van der Waals surface area contributed by atoms with Crippen molar-refractivity contribution in [3.63, 3.8) is 0 Å². The predicted octanol–water partition coefficient (Wildman–Crippen LogP) is 0.589. The van der Waals surface area contributed by atoms with Gasteiger partial charge in [0.1, 0.15) is 0 Å². The van der Waals surface area contributed by atoms with E-state index in [2.05, 4.69) is 15.0 Å². The van der Waals surface area contributed by atoms with Crippen LogP contribution in [-0.2, 0) is 13.0 Å². The van der Waals surface area contributed by atoms with Gasteiger partial charge in [-0.05, 0) is 19.4 Å². The molecule has 1 N–H and O–H groups in total. The van der Waals surface area contributed by atoms with Crippen LogP contribution in [0, 0.1) is 0 Å². The van der Waals surface area contributed by atoms with Crippen molar-refractivity contribution in [3.8, 4) is 0 Å². The van der Waals surface area contributed by atoms with Crippen molar-refractivity contribution in [2.45, 2.75) is 38.8 Å². The normalized spacial score (nSPS) is 22.4. The summed E-state index contributed by atoms with van der Waals surface area (Å²) in [5.74, 6) is 1.41. The number of hydrogen-bond donors (Lipinski definition) is 1. The minimum absolute atomic E-state index is 0.221. The van der Waals surface area contributed by atoms with Gasteiger partial charge in [-0.2, -0.15) is 4.98 Å². The van der Waals surface area contributed by atoms with Crippen molar-refractivity contribution in [2.75, 3.05) is 13.2 Å². The summed E-state index contributed by atoms with van der Waals surface area (Å²) < 4.78 is 5.04. The SMILES string of the molecule is CCc1nc(CN2CCC[C@@H]2CO)no1. The van der Waals surface area contributed by atoms with E-state index in [-0.39, 0.29) is 12.6 Å². The predicted molar refractivity (Wildman–Crippen MR) is 54.2 cm³/mol. The topological polar surface area (TPSA) is 62.4 Å². The van der Waals surface area contributed by atoms with Gasteiger partial charge in [-0.15, -0.1) is 0 Å². The summed E-state index contributed by atoms with van der Waals surface area (Å²) >= 11 is 0. The summed E-state index contributed by atoms with van der Waals surface area (Å²) in [5, 5.41) is 13.1. The second kappa shape index (κ2) is 4.72. The van der Waals surface area contributed by atoms with Crippen molar-refractivity contribution in [1.29, 1.82) is 0 Å². The molecule has 1 saturated heterocycles. The van der Waals surface area contributed by atoms with Gasteiger partial charge in [0.05, 0.1) is 13.2 Å². The molecule has 84 valence electrons. The zero-order valence-electron chi connectivity index (χ0n) is 9.02. The van der Waals surface area contributed by atoms with E-state index in [0.29, 0.717) is 12.4 Å². The Morgan fingerprint density at radius 3 is 3.13 bits per heavy atom. The molecule has 2 rings (SSSR count). The molecule has 1 fully saturated rings. The van der Waals surface area contributed by atoms with Crippen LogP contribution in [0.15, 0.2) is 4.52 Å². The van der Waals surface area contributed by atoms with E-state index in [4.69, 9.17) is 9.63 Å². The second-order valence-corrected chi connectivity index (χ2v) is 3.91. The Bertz CT molecular complexity index is 313. The quantitative estimate of drug-likeness (QED) is 0.789. The van der Waals surface area contributed by atoms with Crippen molar-refractivity contribution in [3.05, 3.63) is 11.7 Å². The molecule has 0 aromatic carbocycles. The highest BCUT2D eigenvalue weighted by atomic mass is 16.5. The highest BCUT2D eigenvalue weighted by Crippen LogP contribution is 2.18. The van der Waals surface area contributed by atoms with Gasteiger partial charge >= 0.3 is 0 Å². The zero-order chi connectivity index (χ0) is 10.7. The van der Waals surface area contributed by atoms with Crippen LogP contribution in [0.25, 0.3) is 0 Å². The summed E-state index contributed by atoms with van der Waals surface area (Å²) in [5.41, 5.74) is 0. The van der Waals surface area contributed by atoms with E-state index in [9.17, 15) is 0 Å². The molecule has 1 aromatic rings. The van der Waals surface area contributed by atoms with Gasteiger partial charge in [-0.3, -0.25) is 4.90 Å². The van der Waals surface area contributed by atoms with Crippen molar-refractivity contribution < 1.29 is 9.63 Å². The van der Waals surface area contributed by atoms with Crippen LogP contribution in [0.4, 0.5) is 0 Å². The van der Waals surface area contributed by atoms with Crippen LogP contribution in [0.5, 0.6) is 0 Å². The van der Waals surface area contributed by atoms with Crippen molar-refractivity contribution in [2.24, 2.45) is 0 Å². The lowest BCUT2D eigenvalue weighted by atomic mass is 10.2. The number of aromatic nitrogens is 2. The third-order valence-electron chi connectivity index (χ3n) is 2.87. The molecule has 15 heavy (non-hydrogen) atoms. The average Bonchev–Trinajstić information content (AvgIpc) is 2.87. The van der Waals surface area contributed by atoms with E-state index < -0.39 is 0 Å². The minimum Gasteiger partial charge on any atom is -0.395 e. The van der Waals surface area contributed by atoms with Crippen LogP contribution < -0.4 is 0 Å². The third kappa shape index (κ3) is 2.35. The molecule has 1 aromatic heterocycles. The van der Waals surface area contributed by atoms with E-state index in [1.54, 1.807) is 0 Å². The van der Waals surface area contributed by atoms with Gasteiger partial charge in [-0.1, -0.05) is 12.1 Å². The molecule has 1 aliphatic heterocycles. The second-order valence-electron chi connectivity index (χ2n) is 3.91. The van der Waals surface area contributed by atoms with E-state index in [1.165, 1.54) is 0 Å². The molecule has 5 nitrogen and oxygen atoms in total. The molecule has 5 heteroatoms. The number of aliphatic hydroxyl groups is 1. The van der Waals surface area contributed by atoms with Crippen LogP contribution in [0.2, 0.25) is 0 Å². The van der Waals surface area contributed by atoms with Crippen LogP contribution in [0.3, 0.4) is 0 Å². The first-order valence-electron chi connectivity index (χ1n) is 5.50. The van der Waals surface area contributed by atoms with E-state index in [1.807, 2.05) is 6.92 Å². The van der Waals surface area contributed by atoms with Crippen molar-refractivity contribution >= 4 is 0 Å². The maximum absolute atomic E-state index is 9.16. The lowest BCUT2D eigenvalue weighted by Crippen LogP contribution is -2.31. The molecular weight excluding hydrogens is 194 g/mol. The fraction of sp³-hybridized carbons (Fsp3) is 0.800. The standard InChI is InChI=1S/C10H17N3O2/c1-2-10-11-9(12-15-10)6-13-5-3-4-8(13)7-14/h8,14H,2-7H2,1H3/t8-/m1/s1. The molecule has 0 amide bonds. The minimum atomic E-state index is 0.221. The highest BCUT2D eigenvalue weighted by molar-refractivity contribution is 4.89. The Labute approximate surface area is 89.1 Å². The van der Waals surface area contributed by atoms with Gasteiger partial charge in [-0.25, -0.2) is 0 Å². The van der Waals surface area contributed by atoms with E-state index in [0.717, 1.165) is 31.6 Å². The Balaban J connectivity index is 1.95. The number of aryl methyl sites for hydroxylation is 1. The number of nitrogens with zero attached hydrogens (tertiary/aromatic N) is 3. The number of rotatable bonds is 4. The van der Waals surface area contributed by atoms with Gasteiger partial charge < -0.3 is 9.63 Å². The first-order chi connectivity index (χ1) is 7.33. The Kier molecular flexibility index (Phi) is 3.33. The first kappa shape index (κ1) is 10.6. The highest BCUT2D eigenvalue weighted by Gasteiger charge is 2.24. The number of hydrogen-bond acceptors (Lipinski definition) is 5. The van der Waals surface area contributed by atoms with Gasteiger partial charge in [0, 0.05) is 12.5 Å². The van der Waals surface area contributed by atoms with Gasteiger partial charge in [0.2, 0.25) is 5.89 Å². The van der Waals surface area contributed by atoms with Crippen LogP contribution in [0.1, 0.15) is 31.5 Å². The summed E-state index contributed by atoms with van der Waals surface area (Å²) in [4.78, 5) is 6.47. The summed E-state index contributed by atoms with van der Waals surface area (Å²) in [7, 11) is 0. The van der Waals surface area contributed by atoms with Gasteiger partial charge in [0.15, 0.2) is 5.82 Å². The monoisotopic (exact) mass is 211 g/mol. The maximum atomic E-state index is 9.16. The molecule has 1 atom stereocenters. The van der Waals surface area contributed by atoms with Crippen LogP contribution >= 0.6 is 0 Å². The number of aliphatic hydroxyl groups excluding tert-OH is 1. The largest absolute Gasteiger partial charge is 0.395 e. The smallest absolute Gasteiger partial charge is 0.226 e. The third-order valence-corrected chi connectivity index (χ3v) is 2.87. The Morgan fingerprint density at radius 2 is 2.47 bits per heavy atom. The molecule has 1 aliphatic rings. The maximum Gasteiger partial charge on any atom is 0.226 e. The van der Waals surface area contributed by atoms with Crippen molar-refractivity contribution in [1.82, 2.24) is 15.0 Å². The molecule has 2 heterocycles. The molecular formula is C10H17N3O2. The Morgan fingerprint density at radius 1 is 1.60 bits per heavy atom.